The largest absolute Gasteiger partial charge is 0.384 e. The summed E-state index contributed by atoms with van der Waals surface area (Å²) in [6, 6.07) is 9.40. The molecule has 1 aromatic rings. The molecule has 1 N–H and O–H groups in total. The zero-order valence-corrected chi connectivity index (χ0v) is 6.90. The fraction of sp³-hybridized carbons (Fsp3) is 0.0909. The Morgan fingerprint density at radius 3 is 2.42 bits per heavy atom. The minimum absolute atomic E-state index is 0.622. The summed E-state index contributed by atoms with van der Waals surface area (Å²) in [7, 11) is 0. The molecule has 62 valence electrons. The van der Waals surface area contributed by atoms with E-state index in [1.807, 2.05) is 30.3 Å². The Balaban J connectivity index is 2.85. The van der Waals surface area contributed by atoms with Crippen molar-refractivity contribution in [3.05, 3.63) is 60.7 Å². The summed E-state index contributed by atoms with van der Waals surface area (Å²) in [5.41, 5.74) is 1.48. The molecule has 0 aromatic heterocycles. The van der Waals surface area contributed by atoms with E-state index in [0.717, 1.165) is 5.56 Å². The van der Waals surface area contributed by atoms with Gasteiger partial charge in [0, 0.05) is 0 Å². The molecule has 1 heteroatoms. The highest BCUT2D eigenvalue weighted by Crippen LogP contribution is 2.19. The molecule has 0 bridgehead atoms. The smallest absolute Gasteiger partial charge is 0.103 e. The third-order valence-corrected chi connectivity index (χ3v) is 1.73. The van der Waals surface area contributed by atoms with Crippen molar-refractivity contribution in [1.29, 1.82) is 0 Å². The minimum atomic E-state index is -0.622. The Morgan fingerprint density at radius 2 is 1.92 bits per heavy atom. The Kier molecular flexibility index (Phi) is 2.83. The van der Waals surface area contributed by atoms with Gasteiger partial charge in [-0.3, -0.25) is 0 Å². The Hall–Kier alpha value is -1.34. The molecule has 1 nitrogen and oxygen atoms in total. The van der Waals surface area contributed by atoms with Gasteiger partial charge in [-0.1, -0.05) is 49.6 Å². The molecule has 0 unspecified atom stereocenters. The van der Waals surface area contributed by atoms with E-state index >= 15 is 0 Å². The summed E-state index contributed by atoms with van der Waals surface area (Å²) in [6.45, 7) is 7.23. The van der Waals surface area contributed by atoms with Crippen molar-refractivity contribution in [1.82, 2.24) is 0 Å². The summed E-state index contributed by atoms with van der Waals surface area (Å²) >= 11 is 0. The first-order valence-corrected chi connectivity index (χ1v) is 3.80. The number of hydrogen-bond donors (Lipinski definition) is 1. The summed E-state index contributed by atoms with van der Waals surface area (Å²) in [5.74, 6) is 0. The number of hydrogen-bond acceptors (Lipinski definition) is 1. The summed E-state index contributed by atoms with van der Waals surface area (Å²) in [6.07, 6.45) is 0.946. The van der Waals surface area contributed by atoms with E-state index in [-0.39, 0.29) is 0 Å². The third-order valence-electron chi connectivity index (χ3n) is 1.73. The average molecular weight is 160 g/mol. The van der Waals surface area contributed by atoms with Crippen molar-refractivity contribution in [2.24, 2.45) is 0 Å². The van der Waals surface area contributed by atoms with Gasteiger partial charge in [0.15, 0.2) is 0 Å². The SMILES string of the molecule is C=CC(=C)[C@H](O)c1ccccc1. The molecule has 0 saturated heterocycles. The quantitative estimate of drug-likeness (QED) is 0.673. The van der Waals surface area contributed by atoms with E-state index < -0.39 is 6.10 Å². The van der Waals surface area contributed by atoms with Crippen LogP contribution in [0.15, 0.2) is 55.1 Å². The molecule has 0 aliphatic carbocycles. The molecule has 0 saturated carbocycles. The molecule has 1 rings (SSSR count). The zero-order chi connectivity index (χ0) is 8.97. The van der Waals surface area contributed by atoms with Gasteiger partial charge in [0.2, 0.25) is 0 Å². The topological polar surface area (TPSA) is 20.2 Å². The van der Waals surface area contributed by atoms with Crippen LogP contribution >= 0.6 is 0 Å². The van der Waals surface area contributed by atoms with Crippen molar-refractivity contribution >= 4 is 0 Å². The average Bonchev–Trinajstić information content (AvgIpc) is 2.17. The summed E-state index contributed by atoms with van der Waals surface area (Å²) < 4.78 is 0. The predicted molar refractivity (Wildman–Crippen MR) is 50.7 cm³/mol. The molecule has 0 radical (unpaired) electrons. The van der Waals surface area contributed by atoms with Gasteiger partial charge < -0.3 is 5.11 Å². The van der Waals surface area contributed by atoms with Crippen LogP contribution < -0.4 is 0 Å². The second kappa shape index (κ2) is 3.88. The van der Waals surface area contributed by atoms with Crippen LogP contribution in [0.2, 0.25) is 0 Å². The molecule has 12 heavy (non-hydrogen) atoms. The van der Waals surface area contributed by atoms with E-state index in [2.05, 4.69) is 13.2 Å². The third kappa shape index (κ3) is 1.83. The summed E-state index contributed by atoms with van der Waals surface area (Å²) in [4.78, 5) is 0. The van der Waals surface area contributed by atoms with Crippen molar-refractivity contribution in [3.63, 3.8) is 0 Å². The summed E-state index contributed by atoms with van der Waals surface area (Å²) in [5, 5.41) is 9.62. The van der Waals surface area contributed by atoms with Gasteiger partial charge in [-0.15, -0.1) is 0 Å². The zero-order valence-electron chi connectivity index (χ0n) is 6.90. The van der Waals surface area contributed by atoms with Crippen LogP contribution in [-0.2, 0) is 0 Å². The van der Waals surface area contributed by atoms with Gasteiger partial charge in [0.25, 0.3) is 0 Å². The molecule has 0 amide bonds. The van der Waals surface area contributed by atoms with Crippen LogP contribution in [0.25, 0.3) is 0 Å². The molecule has 1 atom stereocenters. The standard InChI is InChI=1S/C11H12O/c1-3-9(2)11(12)10-7-5-4-6-8-10/h3-8,11-12H,1-2H2/t11-/m0/s1. The van der Waals surface area contributed by atoms with E-state index in [0.29, 0.717) is 5.57 Å². The maximum atomic E-state index is 9.62. The first-order chi connectivity index (χ1) is 5.75. The molecule has 0 aliphatic rings. The molecule has 0 fully saturated rings. The number of rotatable bonds is 3. The highest BCUT2D eigenvalue weighted by molar-refractivity contribution is 5.29. The minimum Gasteiger partial charge on any atom is -0.384 e. The second-order valence-electron chi connectivity index (χ2n) is 2.59. The van der Waals surface area contributed by atoms with Gasteiger partial charge in [0.1, 0.15) is 6.10 Å². The molecular formula is C11H12O. The lowest BCUT2D eigenvalue weighted by Gasteiger charge is -2.09. The number of aliphatic hydroxyl groups is 1. The molecule has 0 aliphatic heterocycles. The van der Waals surface area contributed by atoms with Gasteiger partial charge >= 0.3 is 0 Å². The van der Waals surface area contributed by atoms with Crippen LogP contribution in [0, 0.1) is 0 Å². The van der Waals surface area contributed by atoms with E-state index in [1.54, 1.807) is 6.08 Å². The van der Waals surface area contributed by atoms with Crippen molar-refractivity contribution < 1.29 is 5.11 Å². The van der Waals surface area contributed by atoms with Crippen molar-refractivity contribution in [3.8, 4) is 0 Å². The molecular weight excluding hydrogens is 148 g/mol. The van der Waals surface area contributed by atoms with Crippen molar-refractivity contribution in [2.45, 2.75) is 6.10 Å². The Morgan fingerprint density at radius 1 is 1.33 bits per heavy atom. The lowest BCUT2D eigenvalue weighted by molar-refractivity contribution is 0.220. The first-order valence-electron chi connectivity index (χ1n) is 3.80. The van der Waals surface area contributed by atoms with Gasteiger partial charge in [0.05, 0.1) is 0 Å². The van der Waals surface area contributed by atoms with Crippen LogP contribution in [0.1, 0.15) is 11.7 Å². The number of benzene rings is 1. The van der Waals surface area contributed by atoms with Crippen LogP contribution in [0.3, 0.4) is 0 Å². The fourth-order valence-corrected chi connectivity index (χ4v) is 0.961. The van der Waals surface area contributed by atoms with E-state index in [9.17, 15) is 5.11 Å². The van der Waals surface area contributed by atoms with Gasteiger partial charge in [-0.2, -0.15) is 0 Å². The lowest BCUT2D eigenvalue weighted by atomic mass is 10.0. The maximum Gasteiger partial charge on any atom is 0.103 e. The Labute approximate surface area is 72.7 Å². The highest BCUT2D eigenvalue weighted by Gasteiger charge is 2.06. The van der Waals surface area contributed by atoms with Crippen LogP contribution in [0.4, 0.5) is 0 Å². The molecule has 1 aromatic carbocycles. The van der Waals surface area contributed by atoms with Gasteiger partial charge in [-0.05, 0) is 11.1 Å². The van der Waals surface area contributed by atoms with E-state index in [1.165, 1.54) is 0 Å². The molecule has 0 heterocycles. The van der Waals surface area contributed by atoms with Crippen LogP contribution in [0.5, 0.6) is 0 Å². The van der Waals surface area contributed by atoms with Crippen LogP contribution in [-0.4, -0.2) is 5.11 Å². The normalized spacial score (nSPS) is 12.1. The van der Waals surface area contributed by atoms with E-state index in [4.69, 9.17) is 0 Å². The lowest BCUT2D eigenvalue weighted by Crippen LogP contribution is -1.97. The first kappa shape index (κ1) is 8.75. The Bertz CT molecular complexity index is 274. The molecule has 0 spiro atoms. The predicted octanol–water partition coefficient (Wildman–Crippen LogP) is 2.46. The van der Waals surface area contributed by atoms with Crippen molar-refractivity contribution in [2.75, 3.05) is 0 Å². The number of aliphatic hydroxyl groups excluding tert-OH is 1. The highest BCUT2D eigenvalue weighted by atomic mass is 16.3. The maximum absolute atomic E-state index is 9.62. The fourth-order valence-electron chi connectivity index (χ4n) is 0.961. The second-order valence-corrected chi connectivity index (χ2v) is 2.59. The van der Waals surface area contributed by atoms with Gasteiger partial charge in [-0.25, -0.2) is 0 Å². The monoisotopic (exact) mass is 160 g/mol.